The Morgan fingerprint density at radius 3 is 2.35 bits per heavy atom. The summed E-state index contributed by atoms with van der Waals surface area (Å²) in [6.07, 6.45) is -1.43. The highest BCUT2D eigenvalue weighted by Crippen LogP contribution is 2.35. The van der Waals surface area contributed by atoms with Gasteiger partial charge >= 0.3 is 6.18 Å². The molecular formula is C12H10F4N4. The molecule has 0 spiro atoms. The van der Waals surface area contributed by atoms with E-state index in [4.69, 9.17) is 0 Å². The zero-order valence-electron chi connectivity index (χ0n) is 10.6. The van der Waals surface area contributed by atoms with E-state index in [1.54, 1.807) is 0 Å². The van der Waals surface area contributed by atoms with Crippen molar-refractivity contribution >= 4 is 5.69 Å². The van der Waals surface area contributed by atoms with Gasteiger partial charge < -0.3 is 4.90 Å². The molecule has 0 aliphatic carbocycles. The average molecular weight is 286 g/mol. The largest absolute Gasteiger partial charge is 0.435 e. The highest BCUT2D eigenvalue weighted by Gasteiger charge is 2.37. The number of aromatic nitrogens is 3. The molecule has 0 N–H and O–H groups in total. The smallest absolute Gasteiger partial charge is 0.375 e. The summed E-state index contributed by atoms with van der Waals surface area (Å²) in [5, 5.41) is 0. The van der Waals surface area contributed by atoms with Gasteiger partial charge in [-0.3, -0.25) is 4.98 Å². The molecule has 4 nitrogen and oxygen atoms in total. The number of anilines is 1. The Hall–Kier alpha value is -2.25. The maximum Gasteiger partial charge on any atom is 0.435 e. The van der Waals surface area contributed by atoms with Gasteiger partial charge in [0, 0.05) is 25.9 Å². The fraction of sp³-hybridized carbons (Fsp3) is 0.250. The normalized spacial score (nSPS) is 11.5. The molecule has 0 aliphatic rings. The maximum atomic E-state index is 13.0. The second-order valence-electron chi connectivity index (χ2n) is 4.21. The second-order valence-corrected chi connectivity index (χ2v) is 4.21. The SMILES string of the molecule is CN(C)c1cnc(-c2cncc(F)c2)nc1C(F)(F)F. The number of hydrogen-bond acceptors (Lipinski definition) is 4. The van der Waals surface area contributed by atoms with Gasteiger partial charge in [0.1, 0.15) is 5.82 Å². The second kappa shape index (κ2) is 5.03. The Kier molecular flexibility index (Phi) is 3.56. The van der Waals surface area contributed by atoms with Crippen molar-refractivity contribution in [3.8, 4) is 11.4 Å². The van der Waals surface area contributed by atoms with E-state index in [0.717, 1.165) is 18.5 Å². The molecule has 2 aromatic rings. The van der Waals surface area contributed by atoms with Gasteiger partial charge in [-0.15, -0.1) is 0 Å². The van der Waals surface area contributed by atoms with Crippen molar-refractivity contribution in [2.45, 2.75) is 6.18 Å². The maximum absolute atomic E-state index is 13.0. The fourth-order valence-corrected chi connectivity index (χ4v) is 1.58. The Morgan fingerprint density at radius 2 is 1.80 bits per heavy atom. The van der Waals surface area contributed by atoms with E-state index < -0.39 is 17.7 Å². The van der Waals surface area contributed by atoms with Crippen LogP contribution in [0.15, 0.2) is 24.7 Å². The predicted octanol–water partition coefficient (Wildman–Crippen LogP) is 2.76. The van der Waals surface area contributed by atoms with E-state index in [1.165, 1.54) is 25.2 Å². The summed E-state index contributed by atoms with van der Waals surface area (Å²) in [5.41, 5.74) is -1.15. The van der Waals surface area contributed by atoms with E-state index >= 15 is 0 Å². The van der Waals surface area contributed by atoms with Gasteiger partial charge in [-0.05, 0) is 6.07 Å². The lowest BCUT2D eigenvalue weighted by Crippen LogP contribution is -2.19. The summed E-state index contributed by atoms with van der Waals surface area (Å²) >= 11 is 0. The number of rotatable bonds is 2. The Morgan fingerprint density at radius 1 is 1.10 bits per heavy atom. The van der Waals surface area contributed by atoms with Crippen LogP contribution in [-0.4, -0.2) is 29.0 Å². The molecule has 2 aromatic heterocycles. The first-order valence-corrected chi connectivity index (χ1v) is 5.51. The van der Waals surface area contributed by atoms with Gasteiger partial charge in [0.25, 0.3) is 0 Å². The summed E-state index contributed by atoms with van der Waals surface area (Å²) < 4.78 is 52.0. The molecule has 2 heterocycles. The summed E-state index contributed by atoms with van der Waals surface area (Å²) in [5.74, 6) is -0.897. The van der Waals surface area contributed by atoms with Crippen LogP contribution >= 0.6 is 0 Å². The fourth-order valence-electron chi connectivity index (χ4n) is 1.58. The van der Waals surface area contributed by atoms with Crippen LogP contribution < -0.4 is 4.90 Å². The van der Waals surface area contributed by atoms with Crippen LogP contribution in [-0.2, 0) is 6.18 Å². The molecule has 0 saturated carbocycles. The summed E-state index contributed by atoms with van der Waals surface area (Å²) in [6.45, 7) is 0. The molecule has 0 saturated heterocycles. The molecule has 8 heteroatoms. The van der Waals surface area contributed by atoms with Crippen LogP contribution in [0.2, 0.25) is 0 Å². The zero-order chi connectivity index (χ0) is 14.9. The number of alkyl halides is 3. The molecule has 20 heavy (non-hydrogen) atoms. The minimum Gasteiger partial charge on any atom is -0.375 e. The van der Waals surface area contributed by atoms with Crippen LogP contribution in [0.4, 0.5) is 23.2 Å². The third-order valence-electron chi connectivity index (χ3n) is 2.48. The van der Waals surface area contributed by atoms with Crippen molar-refractivity contribution in [2.24, 2.45) is 0 Å². The van der Waals surface area contributed by atoms with Gasteiger partial charge in [0.2, 0.25) is 0 Å². The third-order valence-corrected chi connectivity index (χ3v) is 2.48. The molecule has 0 fully saturated rings. The van der Waals surface area contributed by atoms with Crippen molar-refractivity contribution in [1.82, 2.24) is 15.0 Å². The van der Waals surface area contributed by atoms with Gasteiger partial charge in [0.15, 0.2) is 11.5 Å². The van der Waals surface area contributed by atoms with Crippen molar-refractivity contribution in [2.75, 3.05) is 19.0 Å². The summed E-state index contributed by atoms with van der Waals surface area (Å²) in [6, 6.07) is 1.03. The lowest BCUT2D eigenvalue weighted by Gasteiger charge is -2.18. The first-order chi connectivity index (χ1) is 9.29. The van der Waals surface area contributed by atoms with Crippen LogP contribution in [0.3, 0.4) is 0 Å². The van der Waals surface area contributed by atoms with Crippen LogP contribution in [0.25, 0.3) is 11.4 Å². The van der Waals surface area contributed by atoms with E-state index in [-0.39, 0.29) is 17.1 Å². The molecule has 0 bridgehead atoms. The molecule has 0 aliphatic heterocycles. The van der Waals surface area contributed by atoms with Gasteiger partial charge in [0.05, 0.1) is 18.1 Å². The molecule has 106 valence electrons. The molecule has 0 radical (unpaired) electrons. The van der Waals surface area contributed by atoms with E-state index in [1.807, 2.05) is 0 Å². The Bertz CT molecular complexity index is 625. The highest BCUT2D eigenvalue weighted by molar-refractivity contribution is 5.58. The number of pyridine rings is 1. The number of halogens is 4. The minimum atomic E-state index is -4.63. The first kappa shape index (κ1) is 14.2. The first-order valence-electron chi connectivity index (χ1n) is 5.51. The lowest BCUT2D eigenvalue weighted by molar-refractivity contribution is -0.140. The van der Waals surface area contributed by atoms with Crippen LogP contribution in [0, 0.1) is 5.82 Å². The van der Waals surface area contributed by atoms with Crippen molar-refractivity contribution < 1.29 is 17.6 Å². The van der Waals surface area contributed by atoms with E-state index in [2.05, 4.69) is 15.0 Å². The number of hydrogen-bond donors (Lipinski definition) is 0. The minimum absolute atomic E-state index is 0.0841. The van der Waals surface area contributed by atoms with Crippen molar-refractivity contribution in [3.63, 3.8) is 0 Å². The lowest BCUT2D eigenvalue weighted by atomic mass is 10.2. The Balaban J connectivity index is 2.58. The topological polar surface area (TPSA) is 41.9 Å². The number of nitrogens with zero attached hydrogens (tertiary/aromatic N) is 4. The summed E-state index contributed by atoms with van der Waals surface area (Å²) in [4.78, 5) is 12.1. The van der Waals surface area contributed by atoms with Gasteiger partial charge in [-0.1, -0.05) is 0 Å². The van der Waals surface area contributed by atoms with E-state index in [0.29, 0.717) is 0 Å². The predicted molar refractivity (Wildman–Crippen MR) is 64.6 cm³/mol. The quantitative estimate of drug-likeness (QED) is 0.796. The highest BCUT2D eigenvalue weighted by atomic mass is 19.4. The van der Waals surface area contributed by atoms with Crippen molar-refractivity contribution in [1.29, 1.82) is 0 Å². The van der Waals surface area contributed by atoms with Gasteiger partial charge in [-0.2, -0.15) is 13.2 Å². The van der Waals surface area contributed by atoms with Crippen LogP contribution in [0.5, 0.6) is 0 Å². The van der Waals surface area contributed by atoms with E-state index in [9.17, 15) is 17.6 Å². The molecule has 0 aromatic carbocycles. The molecule has 0 amide bonds. The monoisotopic (exact) mass is 286 g/mol. The standard InChI is InChI=1S/C12H10F4N4/c1-20(2)9-6-18-11(19-10(9)12(14,15)16)7-3-8(13)5-17-4-7/h3-6H,1-2H3. The molecule has 0 unspecified atom stereocenters. The van der Waals surface area contributed by atoms with Crippen LogP contribution in [0.1, 0.15) is 5.69 Å². The average Bonchev–Trinajstić information content (AvgIpc) is 2.37. The van der Waals surface area contributed by atoms with Gasteiger partial charge in [-0.25, -0.2) is 14.4 Å². The zero-order valence-corrected chi connectivity index (χ0v) is 10.6. The molecule has 2 rings (SSSR count). The third kappa shape index (κ3) is 2.84. The van der Waals surface area contributed by atoms with Crippen molar-refractivity contribution in [3.05, 3.63) is 36.2 Å². The molecule has 0 atom stereocenters. The molecular weight excluding hydrogens is 276 g/mol. The Labute approximate surface area is 112 Å². The summed E-state index contributed by atoms with van der Waals surface area (Å²) in [7, 11) is 2.91.